The first kappa shape index (κ1) is 15.5. The van der Waals surface area contributed by atoms with Crippen molar-refractivity contribution in [3.05, 3.63) is 34.3 Å². The molecule has 0 spiro atoms. The van der Waals surface area contributed by atoms with E-state index >= 15 is 0 Å². The van der Waals surface area contributed by atoms with Crippen molar-refractivity contribution >= 4 is 15.9 Å². The van der Waals surface area contributed by atoms with Crippen LogP contribution in [0.4, 0.5) is 0 Å². The molecule has 2 atom stereocenters. The molecule has 3 nitrogen and oxygen atoms in total. The normalized spacial score (nSPS) is 26.1. The Kier molecular flexibility index (Phi) is 5.33. The second kappa shape index (κ2) is 7.23. The zero-order chi connectivity index (χ0) is 14.7. The van der Waals surface area contributed by atoms with Gasteiger partial charge in [0.1, 0.15) is 0 Å². The first-order valence-electron chi connectivity index (χ1n) is 8.22. The van der Waals surface area contributed by atoms with Crippen LogP contribution in [0.15, 0.2) is 28.7 Å². The van der Waals surface area contributed by atoms with E-state index < -0.39 is 0 Å². The van der Waals surface area contributed by atoms with Gasteiger partial charge in [-0.15, -0.1) is 0 Å². The van der Waals surface area contributed by atoms with Gasteiger partial charge in [0.15, 0.2) is 0 Å². The van der Waals surface area contributed by atoms with Gasteiger partial charge in [-0.05, 0) is 30.5 Å². The summed E-state index contributed by atoms with van der Waals surface area (Å²) in [6, 6.07) is 10.2. The fourth-order valence-corrected chi connectivity index (χ4v) is 4.05. The van der Waals surface area contributed by atoms with Gasteiger partial charge in [-0.2, -0.15) is 0 Å². The average Bonchev–Trinajstić information content (AvgIpc) is 3.00. The summed E-state index contributed by atoms with van der Waals surface area (Å²) in [6.45, 7) is 9.52. The van der Waals surface area contributed by atoms with Crippen LogP contribution >= 0.6 is 15.9 Å². The van der Waals surface area contributed by atoms with Crippen LogP contribution in [-0.2, 0) is 0 Å². The smallest absolute Gasteiger partial charge is 0.0346 e. The van der Waals surface area contributed by atoms with Crippen LogP contribution in [-0.4, -0.2) is 55.1 Å². The van der Waals surface area contributed by atoms with Gasteiger partial charge in [0, 0.05) is 55.8 Å². The minimum atomic E-state index is 0.575. The number of nitrogens with one attached hydrogen (secondary N) is 1. The van der Waals surface area contributed by atoms with Crippen molar-refractivity contribution in [3.8, 4) is 0 Å². The third kappa shape index (κ3) is 3.67. The summed E-state index contributed by atoms with van der Waals surface area (Å²) in [5.74, 6) is 0. The Balaban J connectivity index is 1.64. The van der Waals surface area contributed by atoms with Crippen LogP contribution in [0.25, 0.3) is 0 Å². The van der Waals surface area contributed by atoms with E-state index in [1.807, 2.05) is 0 Å². The van der Waals surface area contributed by atoms with Crippen LogP contribution in [0.3, 0.4) is 0 Å². The lowest BCUT2D eigenvalue weighted by Gasteiger charge is -2.34. The number of hydrogen-bond donors (Lipinski definition) is 1. The molecule has 1 aromatic rings. The van der Waals surface area contributed by atoms with E-state index in [0.29, 0.717) is 6.04 Å². The predicted molar refractivity (Wildman–Crippen MR) is 91.6 cm³/mol. The lowest BCUT2D eigenvalue weighted by molar-refractivity contribution is 0.158. The SMILES string of the molecule is CCC(c1ccc(Br)cc1)N1CCC(N2CCNCC2)C1. The molecule has 1 N–H and O–H groups in total. The summed E-state index contributed by atoms with van der Waals surface area (Å²) in [5.41, 5.74) is 1.46. The van der Waals surface area contributed by atoms with Crippen molar-refractivity contribution in [3.63, 3.8) is 0 Å². The molecule has 0 amide bonds. The number of nitrogens with zero attached hydrogens (tertiary/aromatic N) is 2. The fraction of sp³-hybridized carbons (Fsp3) is 0.647. The van der Waals surface area contributed by atoms with Crippen molar-refractivity contribution in [2.24, 2.45) is 0 Å². The topological polar surface area (TPSA) is 18.5 Å². The molecule has 0 bridgehead atoms. The third-order valence-electron chi connectivity index (χ3n) is 4.95. The standard InChI is InChI=1S/C17H26BrN3/c1-2-17(14-3-5-15(18)6-4-14)21-10-7-16(13-21)20-11-8-19-9-12-20/h3-6,16-17,19H,2,7-13H2,1H3. The molecule has 0 saturated carbocycles. The first-order chi connectivity index (χ1) is 10.3. The second-order valence-electron chi connectivity index (χ2n) is 6.20. The van der Waals surface area contributed by atoms with Crippen LogP contribution in [0.1, 0.15) is 31.4 Å². The van der Waals surface area contributed by atoms with Gasteiger partial charge in [-0.3, -0.25) is 9.80 Å². The van der Waals surface area contributed by atoms with Gasteiger partial charge in [-0.25, -0.2) is 0 Å². The van der Waals surface area contributed by atoms with E-state index in [4.69, 9.17) is 0 Å². The molecule has 2 aliphatic heterocycles. The van der Waals surface area contributed by atoms with Gasteiger partial charge in [-0.1, -0.05) is 35.0 Å². The molecule has 2 heterocycles. The number of rotatable bonds is 4. The van der Waals surface area contributed by atoms with Crippen molar-refractivity contribution < 1.29 is 0 Å². The molecule has 2 aliphatic rings. The van der Waals surface area contributed by atoms with Crippen molar-refractivity contribution in [2.75, 3.05) is 39.3 Å². The molecule has 116 valence electrons. The Morgan fingerprint density at radius 3 is 2.57 bits per heavy atom. The minimum Gasteiger partial charge on any atom is -0.314 e. The highest BCUT2D eigenvalue weighted by Gasteiger charge is 2.31. The lowest BCUT2D eigenvalue weighted by Crippen LogP contribution is -2.49. The van der Waals surface area contributed by atoms with E-state index in [-0.39, 0.29) is 0 Å². The quantitative estimate of drug-likeness (QED) is 0.899. The minimum absolute atomic E-state index is 0.575. The van der Waals surface area contributed by atoms with Crippen LogP contribution < -0.4 is 5.32 Å². The second-order valence-corrected chi connectivity index (χ2v) is 7.11. The Hall–Kier alpha value is -0.420. The maximum Gasteiger partial charge on any atom is 0.0346 e. The van der Waals surface area contributed by atoms with Gasteiger partial charge >= 0.3 is 0 Å². The molecule has 0 aromatic heterocycles. The van der Waals surface area contributed by atoms with Gasteiger partial charge in [0.25, 0.3) is 0 Å². The van der Waals surface area contributed by atoms with Gasteiger partial charge in [0.05, 0.1) is 0 Å². The Bertz CT molecular complexity index is 442. The van der Waals surface area contributed by atoms with E-state index in [0.717, 1.165) is 19.1 Å². The average molecular weight is 352 g/mol. The molecule has 2 saturated heterocycles. The van der Waals surface area contributed by atoms with Gasteiger partial charge < -0.3 is 5.32 Å². The van der Waals surface area contributed by atoms with E-state index in [2.05, 4.69) is 62.2 Å². The first-order valence-corrected chi connectivity index (χ1v) is 9.01. The summed E-state index contributed by atoms with van der Waals surface area (Å²) in [6.07, 6.45) is 2.52. The molecule has 0 aliphatic carbocycles. The highest BCUT2D eigenvalue weighted by atomic mass is 79.9. The summed E-state index contributed by atoms with van der Waals surface area (Å²) in [7, 11) is 0. The van der Waals surface area contributed by atoms with Crippen LogP contribution in [0.5, 0.6) is 0 Å². The molecule has 1 aromatic carbocycles. The highest BCUT2D eigenvalue weighted by molar-refractivity contribution is 9.10. The molecule has 21 heavy (non-hydrogen) atoms. The largest absolute Gasteiger partial charge is 0.314 e. The Labute approximate surface area is 136 Å². The maximum atomic E-state index is 3.54. The number of benzene rings is 1. The maximum absolute atomic E-state index is 3.54. The molecular weight excluding hydrogens is 326 g/mol. The summed E-state index contributed by atoms with van der Waals surface area (Å²) in [4.78, 5) is 5.38. The van der Waals surface area contributed by atoms with Gasteiger partial charge in [0.2, 0.25) is 0 Å². The number of likely N-dealkylation sites (tertiary alicyclic amines) is 1. The molecule has 2 fully saturated rings. The van der Waals surface area contributed by atoms with Crippen molar-refractivity contribution in [2.45, 2.75) is 31.8 Å². The molecule has 3 rings (SSSR count). The third-order valence-corrected chi connectivity index (χ3v) is 5.47. The highest BCUT2D eigenvalue weighted by Crippen LogP contribution is 2.30. The number of hydrogen-bond acceptors (Lipinski definition) is 3. The predicted octanol–water partition coefficient (Wildman–Crippen LogP) is 2.88. The zero-order valence-electron chi connectivity index (χ0n) is 12.9. The van der Waals surface area contributed by atoms with E-state index in [1.54, 1.807) is 0 Å². The monoisotopic (exact) mass is 351 g/mol. The summed E-state index contributed by atoms with van der Waals surface area (Å²) < 4.78 is 1.17. The molecule has 4 heteroatoms. The van der Waals surface area contributed by atoms with E-state index in [9.17, 15) is 0 Å². The Morgan fingerprint density at radius 2 is 1.90 bits per heavy atom. The number of piperazine rings is 1. The van der Waals surface area contributed by atoms with Crippen molar-refractivity contribution in [1.29, 1.82) is 0 Å². The zero-order valence-corrected chi connectivity index (χ0v) is 14.5. The molecular formula is C17H26BrN3. The fourth-order valence-electron chi connectivity index (χ4n) is 3.79. The van der Waals surface area contributed by atoms with Crippen LogP contribution in [0.2, 0.25) is 0 Å². The van der Waals surface area contributed by atoms with Crippen LogP contribution in [0, 0.1) is 0 Å². The summed E-state index contributed by atoms with van der Waals surface area (Å²) >= 11 is 3.54. The lowest BCUT2D eigenvalue weighted by atomic mass is 10.0. The number of halogens is 1. The van der Waals surface area contributed by atoms with E-state index in [1.165, 1.54) is 49.1 Å². The molecule has 0 radical (unpaired) electrons. The molecule has 2 unspecified atom stereocenters. The Morgan fingerprint density at radius 1 is 1.19 bits per heavy atom. The van der Waals surface area contributed by atoms with Crippen molar-refractivity contribution in [1.82, 2.24) is 15.1 Å². The summed E-state index contributed by atoms with van der Waals surface area (Å²) in [5, 5.41) is 3.45.